The molecule has 3 aromatic heterocycles. The molecule has 6 rings (SSSR count). The molecule has 2 fully saturated rings. The van der Waals surface area contributed by atoms with Gasteiger partial charge in [-0.1, -0.05) is 0 Å². The number of piperidine rings is 1. The van der Waals surface area contributed by atoms with Gasteiger partial charge >= 0.3 is 12.1 Å². The summed E-state index contributed by atoms with van der Waals surface area (Å²) >= 11 is 0. The molecule has 45 heavy (non-hydrogen) atoms. The molecule has 4 heterocycles. The number of benzene rings is 1. The predicted octanol–water partition coefficient (Wildman–Crippen LogP) is 4.54. The van der Waals surface area contributed by atoms with E-state index >= 15 is 0 Å². The zero-order chi connectivity index (χ0) is 32.0. The lowest BCUT2D eigenvalue weighted by Crippen LogP contribution is -2.54. The SMILES string of the molecule is COC(=O)C1CC(NC(=O)OC(C)(C)C)CN(C(=O)c2cc(OC)c3c(c2)nc(-c2cc4cccnc4n2CC2CC2)n3C)C1. The molecular weight excluding hydrogens is 576 g/mol. The molecule has 1 saturated heterocycles. The average Bonchev–Trinajstić information content (AvgIpc) is 3.67. The highest BCUT2D eigenvalue weighted by Crippen LogP contribution is 2.37. The van der Waals surface area contributed by atoms with E-state index in [0.717, 1.165) is 34.6 Å². The molecule has 1 aliphatic heterocycles. The molecule has 12 nitrogen and oxygen atoms in total. The fourth-order valence-corrected chi connectivity index (χ4v) is 6.20. The standard InChI is InChI=1S/C33H40N6O6/c1-33(2,3)45-32(42)35-23-12-22(31(41)44-6)17-38(18-23)30(40)21-13-24-27(26(15-21)43-5)37(4)29(36-24)25-14-20-8-7-11-34-28(20)39(25)16-19-9-10-19/h7-8,11,13-15,19,22-23H,9-10,12,16-18H2,1-6H3,(H,35,42). The van der Waals surface area contributed by atoms with Crippen molar-refractivity contribution in [3.8, 4) is 17.3 Å². The third-order valence-electron chi connectivity index (χ3n) is 8.42. The van der Waals surface area contributed by atoms with Crippen LogP contribution >= 0.6 is 0 Å². The van der Waals surface area contributed by atoms with E-state index in [-0.39, 0.29) is 19.0 Å². The molecule has 0 spiro atoms. The van der Waals surface area contributed by atoms with Gasteiger partial charge < -0.3 is 33.6 Å². The number of nitrogens with zero attached hydrogens (tertiary/aromatic N) is 5. The van der Waals surface area contributed by atoms with Crippen molar-refractivity contribution in [1.29, 1.82) is 0 Å². The van der Waals surface area contributed by atoms with E-state index < -0.39 is 29.6 Å². The maximum absolute atomic E-state index is 14.0. The highest BCUT2D eigenvalue weighted by molar-refractivity contribution is 6.00. The van der Waals surface area contributed by atoms with Gasteiger partial charge in [-0.05, 0) is 76.3 Å². The highest BCUT2D eigenvalue weighted by Gasteiger charge is 2.37. The smallest absolute Gasteiger partial charge is 0.407 e. The van der Waals surface area contributed by atoms with E-state index in [1.54, 1.807) is 44.9 Å². The lowest BCUT2D eigenvalue weighted by molar-refractivity contribution is -0.147. The first-order valence-corrected chi connectivity index (χ1v) is 15.3. The molecule has 1 aliphatic carbocycles. The summed E-state index contributed by atoms with van der Waals surface area (Å²) in [6, 6.07) is 9.06. The van der Waals surface area contributed by atoms with Gasteiger partial charge in [0.1, 0.15) is 22.5 Å². The Morgan fingerprint density at radius 1 is 1.09 bits per heavy atom. The molecular formula is C33H40N6O6. The molecule has 2 aliphatic rings. The first kappa shape index (κ1) is 30.4. The third-order valence-corrected chi connectivity index (χ3v) is 8.42. The van der Waals surface area contributed by atoms with E-state index in [0.29, 0.717) is 29.2 Å². The Kier molecular flexibility index (Phi) is 7.92. The maximum Gasteiger partial charge on any atom is 0.407 e. The molecule has 238 valence electrons. The molecule has 0 radical (unpaired) electrons. The zero-order valence-corrected chi connectivity index (χ0v) is 26.6. The van der Waals surface area contributed by atoms with Crippen LogP contribution in [0.25, 0.3) is 33.6 Å². The van der Waals surface area contributed by atoms with Gasteiger partial charge in [-0.2, -0.15) is 0 Å². The minimum Gasteiger partial charge on any atom is -0.494 e. The van der Waals surface area contributed by atoms with Gasteiger partial charge in [0.05, 0.1) is 37.4 Å². The van der Waals surface area contributed by atoms with Crippen LogP contribution in [0.5, 0.6) is 5.75 Å². The van der Waals surface area contributed by atoms with Crippen molar-refractivity contribution in [3.63, 3.8) is 0 Å². The lowest BCUT2D eigenvalue weighted by Gasteiger charge is -2.37. The summed E-state index contributed by atoms with van der Waals surface area (Å²) in [5, 5.41) is 3.87. The number of hydrogen-bond donors (Lipinski definition) is 1. The summed E-state index contributed by atoms with van der Waals surface area (Å²) in [7, 11) is 4.83. The van der Waals surface area contributed by atoms with E-state index in [9.17, 15) is 14.4 Å². The van der Waals surface area contributed by atoms with Crippen molar-refractivity contribution in [2.24, 2.45) is 18.9 Å². The number of hydrogen-bond acceptors (Lipinski definition) is 8. The number of carbonyl (C=O) groups is 3. The summed E-state index contributed by atoms with van der Waals surface area (Å²) in [4.78, 5) is 50.4. The molecule has 4 aromatic rings. The molecule has 1 N–H and O–H groups in total. The summed E-state index contributed by atoms with van der Waals surface area (Å²) in [5.74, 6) is 0.520. The van der Waals surface area contributed by atoms with Gasteiger partial charge in [-0.25, -0.2) is 14.8 Å². The minimum absolute atomic E-state index is 0.153. The molecule has 12 heteroatoms. The Bertz CT molecular complexity index is 1780. The van der Waals surface area contributed by atoms with Crippen LogP contribution in [0.1, 0.15) is 50.4 Å². The van der Waals surface area contributed by atoms with Crippen molar-refractivity contribution < 1.29 is 28.6 Å². The Morgan fingerprint density at radius 3 is 2.56 bits per heavy atom. The summed E-state index contributed by atoms with van der Waals surface area (Å²) in [5.41, 5.74) is 2.93. The van der Waals surface area contributed by atoms with Crippen LogP contribution in [0.3, 0.4) is 0 Å². The first-order valence-electron chi connectivity index (χ1n) is 15.3. The van der Waals surface area contributed by atoms with Crippen LogP contribution in [0.2, 0.25) is 0 Å². The summed E-state index contributed by atoms with van der Waals surface area (Å²) in [6.07, 6.45) is 3.93. The van der Waals surface area contributed by atoms with E-state index in [4.69, 9.17) is 19.2 Å². The lowest BCUT2D eigenvalue weighted by atomic mass is 9.93. The topological polar surface area (TPSA) is 130 Å². The number of rotatable bonds is 7. The molecule has 0 bridgehead atoms. The molecule has 1 saturated carbocycles. The second kappa shape index (κ2) is 11.7. The van der Waals surface area contributed by atoms with Crippen LogP contribution < -0.4 is 10.1 Å². The Morgan fingerprint density at radius 2 is 1.87 bits per heavy atom. The number of carbonyl (C=O) groups excluding carboxylic acids is 3. The molecule has 2 atom stereocenters. The molecule has 2 amide bonds. The van der Waals surface area contributed by atoms with Gasteiger partial charge in [0.25, 0.3) is 5.91 Å². The number of aryl methyl sites for hydroxylation is 1. The van der Waals surface area contributed by atoms with Crippen molar-refractivity contribution in [3.05, 3.63) is 42.1 Å². The number of pyridine rings is 1. The van der Waals surface area contributed by atoms with Crippen LogP contribution in [0.4, 0.5) is 4.79 Å². The molecule has 1 aromatic carbocycles. The van der Waals surface area contributed by atoms with Crippen LogP contribution in [0.15, 0.2) is 36.5 Å². The van der Waals surface area contributed by atoms with Crippen LogP contribution in [-0.2, 0) is 27.9 Å². The number of methoxy groups -OCH3 is 2. The van der Waals surface area contributed by atoms with E-state index in [2.05, 4.69) is 27.0 Å². The van der Waals surface area contributed by atoms with Gasteiger partial charge in [-0.15, -0.1) is 0 Å². The first-order chi connectivity index (χ1) is 21.5. The second-order valence-corrected chi connectivity index (χ2v) is 13.0. The van der Waals surface area contributed by atoms with Crippen LogP contribution in [-0.4, -0.2) is 80.9 Å². The molecule has 2 unspecified atom stereocenters. The zero-order valence-electron chi connectivity index (χ0n) is 26.6. The number of esters is 1. The summed E-state index contributed by atoms with van der Waals surface area (Å²) in [6.45, 7) is 6.55. The number of imidazole rings is 1. The minimum atomic E-state index is -0.688. The van der Waals surface area contributed by atoms with Gasteiger partial charge in [0.15, 0.2) is 5.82 Å². The predicted molar refractivity (Wildman–Crippen MR) is 168 cm³/mol. The van der Waals surface area contributed by atoms with Crippen molar-refractivity contribution >= 4 is 40.0 Å². The second-order valence-electron chi connectivity index (χ2n) is 13.0. The Balaban J connectivity index is 1.34. The van der Waals surface area contributed by atoms with Crippen molar-refractivity contribution in [1.82, 2.24) is 29.3 Å². The van der Waals surface area contributed by atoms with E-state index in [1.807, 2.05) is 23.9 Å². The highest BCUT2D eigenvalue weighted by atomic mass is 16.6. The van der Waals surface area contributed by atoms with Gasteiger partial charge in [0.2, 0.25) is 0 Å². The number of ether oxygens (including phenoxy) is 3. The monoisotopic (exact) mass is 616 g/mol. The number of fused-ring (bicyclic) bond motifs is 2. The van der Waals surface area contributed by atoms with Gasteiger partial charge in [-0.3, -0.25) is 9.59 Å². The van der Waals surface area contributed by atoms with Crippen molar-refractivity contribution in [2.75, 3.05) is 27.3 Å². The third kappa shape index (κ3) is 6.18. The van der Waals surface area contributed by atoms with Gasteiger partial charge in [0, 0.05) is 43.8 Å². The number of amides is 2. The number of nitrogens with one attached hydrogen (secondary N) is 1. The number of aromatic nitrogens is 4. The van der Waals surface area contributed by atoms with E-state index in [1.165, 1.54) is 20.0 Å². The Hall–Kier alpha value is -4.61. The van der Waals surface area contributed by atoms with Crippen LogP contribution in [0, 0.1) is 11.8 Å². The number of alkyl carbamates (subject to hydrolysis) is 1. The quantitative estimate of drug-likeness (QED) is 0.300. The Labute approximate surface area is 261 Å². The summed E-state index contributed by atoms with van der Waals surface area (Å²) < 4.78 is 20.5. The fourth-order valence-electron chi connectivity index (χ4n) is 6.20. The van der Waals surface area contributed by atoms with Crippen molar-refractivity contribution in [2.45, 2.75) is 58.2 Å². The largest absolute Gasteiger partial charge is 0.494 e. The maximum atomic E-state index is 14.0. The average molecular weight is 617 g/mol. The fraction of sp³-hybridized carbons (Fsp3) is 0.485. The normalized spacial score (nSPS) is 18.7. The number of likely N-dealkylation sites (tertiary alicyclic amines) is 1.